The minimum Gasteiger partial charge on any atom is -0.493 e. The first-order valence-corrected chi connectivity index (χ1v) is 8.55. The van der Waals surface area contributed by atoms with E-state index >= 15 is 0 Å². The van der Waals surface area contributed by atoms with Crippen molar-refractivity contribution in [3.05, 3.63) is 42.0 Å². The molecule has 1 aromatic rings. The molecule has 0 bridgehead atoms. The summed E-state index contributed by atoms with van der Waals surface area (Å²) in [5, 5.41) is 0. The van der Waals surface area contributed by atoms with Gasteiger partial charge in [-0.2, -0.15) is 0 Å². The van der Waals surface area contributed by atoms with E-state index in [9.17, 15) is 4.79 Å². The van der Waals surface area contributed by atoms with Crippen molar-refractivity contribution in [2.24, 2.45) is 5.92 Å². The number of rotatable bonds is 9. The smallest absolute Gasteiger partial charge is 0.142 e. The van der Waals surface area contributed by atoms with Crippen LogP contribution in [0.2, 0.25) is 0 Å². The van der Waals surface area contributed by atoms with Crippen LogP contribution in [0.15, 0.2) is 36.4 Å². The minimum atomic E-state index is 0.305. The van der Waals surface area contributed by atoms with Crippen LogP contribution in [0, 0.1) is 5.92 Å². The van der Waals surface area contributed by atoms with Gasteiger partial charge in [0, 0.05) is 5.92 Å². The average molecular weight is 304 g/mol. The van der Waals surface area contributed by atoms with Crippen LogP contribution in [0.3, 0.4) is 0 Å². The second kappa shape index (κ2) is 13.1. The number of hydrogen-bond donors (Lipinski definition) is 0. The monoisotopic (exact) mass is 304 g/mol. The lowest BCUT2D eigenvalue weighted by Gasteiger charge is -2.14. The third-order valence-electron chi connectivity index (χ3n) is 3.65. The second-order valence-corrected chi connectivity index (χ2v) is 5.26. The zero-order valence-electron chi connectivity index (χ0n) is 14.8. The second-order valence-electron chi connectivity index (χ2n) is 5.26. The maximum atomic E-state index is 10.4. The van der Waals surface area contributed by atoms with Crippen molar-refractivity contribution >= 4 is 6.29 Å². The molecule has 0 amide bonds. The van der Waals surface area contributed by atoms with E-state index in [2.05, 4.69) is 32.9 Å². The largest absolute Gasteiger partial charge is 0.493 e. The highest BCUT2D eigenvalue weighted by Gasteiger charge is 2.06. The van der Waals surface area contributed by atoms with Gasteiger partial charge in [-0.05, 0) is 42.5 Å². The lowest BCUT2D eigenvalue weighted by molar-refractivity contribution is -0.104. The van der Waals surface area contributed by atoms with Crippen molar-refractivity contribution < 1.29 is 9.53 Å². The molecule has 2 unspecified atom stereocenters. The molecule has 0 N–H and O–H groups in total. The van der Waals surface area contributed by atoms with Gasteiger partial charge in [0.15, 0.2) is 0 Å². The Labute approximate surface area is 136 Å². The number of carbonyl (C=O) groups is 1. The van der Waals surface area contributed by atoms with Crippen LogP contribution in [-0.4, -0.2) is 12.9 Å². The van der Waals surface area contributed by atoms with Crippen LogP contribution in [0.4, 0.5) is 0 Å². The van der Waals surface area contributed by atoms with Gasteiger partial charge >= 0.3 is 0 Å². The Morgan fingerprint density at radius 1 is 1.14 bits per heavy atom. The molecule has 0 aliphatic rings. The third-order valence-corrected chi connectivity index (χ3v) is 3.65. The van der Waals surface area contributed by atoms with Gasteiger partial charge in [0.2, 0.25) is 0 Å². The predicted octanol–water partition coefficient (Wildman–Crippen LogP) is 5.78. The summed E-state index contributed by atoms with van der Waals surface area (Å²) in [6.45, 7) is 11.2. The summed E-state index contributed by atoms with van der Waals surface area (Å²) >= 11 is 0. The van der Waals surface area contributed by atoms with Gasteiger partial charge in [-0.15, -0.1) is 0 Å². The molecule has 2 atom stereocenters. The Morgan fingerprint density at radius 2 is 1.77 bits per heavy atom. The molecule has 0 aliphatic carbocycles. The maximum Gasteiger partial charge on any atom is 0.142 e. The summed E-state index contributed by atoms with van der Waals surface area (Å²) in [6.07, 6.45) is 7.60. The number of carbonyl (C=O) groups excluding carboxylic acids is 1. The zero-order valence-corrected chi connectivity index (χ0v) is 14.8. The number of ether oxygens (including phenoxy) is 1. The first-order valence-electron chi connectivity index (χ1n) is 8.55. The molecule has 0 aromatic heterocycles. The van der Waals surface area contributed by atoms with Crippen LogP contribution in [0.1, 0.15) is 65.4 Å². The molecular weight excluding hydrogens is 272 g/mol. The van der Waals surface area contributed by atoms with E-state index in [4.69, 9.17) is 4.74 Å². The molecule has 0 fully saturated rings. The van der Waals surface area contributed by atoms with Gasteiger partial charge in [-0.3, -0.25) is 4.79 Å². The van der Waals surface area contributed by atoms with Crippen molar-refractivity contribution in [1.82, 2.24) is 0 Å². The van der Waals surface area contributed by atoms with Crippen molar-refractivity contribution in [1.29, 1.82) is 0 Å². The Morgan fingerprint density at radius 3 is 2.27 bits per heavy atom. The maximum absolute atomic E-state index is 10.4. The number of benzene rings is 1. The van der Waals surface area contributed by atoms with E-state index < -0.39 is 0 Å². The van der Waals surface area contributed by atoms with Gasteiger partial charge in [0.1, 0.15) is 12.0 Å². The van der Waals surface area contributed by atoms with Crippen molar-refractivity contribution in [3.63, 3.8) is 0 Å². The van der Waals surface area contributed by atoms with E-state index in [-0.39, 0.29) is 0 Å². The fraction of sp³-hybridized carbons (Fsp3) is 0.550. The Balaban J connectivity index is 0.00000211. The molecular formula is C20H32O2. The third kappa shape index (κ3) is 8.02. The molecule has 2 nitrogen and oxygen atoms in total. The Bertz CT molecular complexity index is 406. The molecule has 0 spiro atoms. The standard InChI is InChI=1S/C18H26O2.C2H6/c1-4-7-16(8-6-13-19)14-20-18-11-9-17(10-12-18)15(3)5-2;1-2/h6,8-13,15-16H,4-5,7,14H2,1-3H3;1-2H3/b8-6-;. The van der Waals surface area contributed by atoms with Crippen LogP contribution < -0.4 is 4.74 Å². The summed E-state index contributed by atoms with van der Waals surface area (Å²) < 4.78 is 5.82. The van der Waals surface area contributed by atoms with Gasteiger partial charge in [-0.25, -0.2) is 0 Å². The van der Waals surface area contributed by atoms with Gasteiger partial charge < -0.3 is 4.74 Å². The molecule has 124 valence electrons. The van der Waals surface area contributed by atoms with Gasteiger partial charge in [0.05, 0.1) is 6.61 Å². The quantitative estimate of drug-likeness (QED) is 0.427. The van der Waals surface area contributed by atoms with Crippen LogP contribution in [0.25, 0.3) is 0 Å². The van der Waals surface area contributed by atoms with Crippen molar-refractivity contribution in [2.75, 3.05) is 6.61 Å². The molecule has 0 heterocycles. The summed E-state index contributed by atoms with van der Waals surface area (Å²) in [5.41, 5.74) is 1.35. The number of aldehydes is 1. The highest BCUT2D eigenvalue weighted by molar-refractivity contribution is 5.64. The number of allylic oxidation sites excluding steroid dienone is 1. The molecule has 2 heteroatoms. The molecule has 0 radical (unpaired) electrons. The van der Waals surface area contributed by atoms with E-state index in [0.29, 0.717) is 18.4 Å². The molecule has 1 rings (SSSR count). The van der Waals surface area contributed by atoms with E-state index in [1.54, 1.807) is 6.08 Å². The molecule has 0 aliphatic heterocycles. The highest BCUT2D eigenvalue weighted by atomic mass is 16.5. The summed E-state index contributed by atoms with van der Waals surface area (Å²) in [5.74, 6) is 1.80. The molecule has 0 saturated heterocycles. The van der Waals surface area contributed by atoms with E-state index in [1.165, 1.54) is 5.56 Å². The fourth-order valence-corrected chi connectivity index (χ4v) is 2.14. The minimum absolute atomic E-state index is 0.305. The summed E-state index contributed by atoms with van der Waals surface area (Å²) in [4.78, 5) is 10.4. The number of hydrogen-bond acceptors (Lipinski definition) is 2. The van der Waals surface area contributed by atoms with Crippen LogP contribution >= 0.6 is 0 Å². The highest BCUT2D eigenvalue weighted by Crippen LogP contribution is 2.22. The fourth-order valence-electron chi connectivity index (χ4n) is 2.14. The lowest BCUT2D eigenvalue weighted by atomic mass is 9.99. The average Bonchev–Trinajstić information content (AvgIpc) is 2.59. The van der Waals surface area contributed by atoms with Crippen LogP contribution in [-0.2, 0) is 4.79 Å². The van der Waals surface area contributed by atoms with E-state index in [1.807, 2.05) is 32.1 Å². The topological polar surface area (TPSA) is 26.3 Å². The first kappa shape index (κ1) is 20.4. The van der Waals surface area contributed by atoms with Crippen LogP contribution in [0.5, 0.6) is 5.75 Å². The molecule has 0 saturated carbocycles. The molecule has 1 aromatic carbocycles. The summed E-state index contributed by atoms with van der Waals surface area (Å²) in [6, 6.07) is 8.35. The zero-order chi connectivity index (χ0) is 16.8. The van der Waals surface area contributed by atoms with Gasteiger partial charge in [-0.1, -0.05) is 59.2 Å². The van der Waals surface area contributed by atoms with E-state index in [0.717, 1.165) is 31.3 Å². The van der Waals surface area contributed by atoms with Gasteiger partial charge in [0.25, 0.3) is 0 Å². The lowest BCUT2D eigenvalue weighted by Crippen LogP contribution is -2.09. The normalized spacial score (nSPS) is 13.1. The summed E-state index contributed by atoms with van der Waals surface area (Å²) in [7, 11) is 0. The SMILES string of the molecule is CC.CCCC(/C=C\C=O)COc1ccc(C(C)CC)cc1. The molecule has 22 heavy (non-hydrogen) atoms. The predicted molar refractivity (Wildman–Crippen MR) is 95.6 cm³/mol. The Hall–Kier alpha value is -1.57. The Kier molecular flexibility index (Phi) is 12.2. The first-order chi connectivity index (χ1) is 10.7. The van der Waals surface area contributed by atoms with Crippen molar-refractivity contribution in [2.45, 2.75) is 59.8 Å². The van der Waals surface area contributed by atoms with Crippen molar-refractivity contribution in [3.8, 4) is 5.75 Å².